The molecule has 9 heteroatoms. The van der Waals surface area contributed by atoms with Gasteiger partial charge in [-0.1, -0.05) is 30.4 Å². The zero-order chi connectivity index (χ0) is 22.9. The second kappa shape index (κ2) is 11.4. The fraction of sp³-hybridized carbons (Fsp3) is 0.500. The van der Waals surface area contributed by atoms with Gasteiger partial charge in [0, 0.05) is 12.1 Å². The van der Waals surface area contributed by atoms with E-state index in [1.807, 2.05) is 12.2 Å². The molecule has 5 nitrogen and oxygen atoms in total. The number of carboxylic acids is 1. The van der Waals surface area contributed by atoms with E-state index in [9.17, 15) is 26.4 Å². The van der Waals surface area contributed by atoms with E-state index in [0.717, 1.165) is 37.0 Å². The maximum Gasteiger partial charge on any atom is 0.416 e. The molecular weight excluding hydrogens is 431 g/mol. The van der Waals surface area contributed by atoms with Gasteiger partial charge in [0.1, 0.15) is 0 Å². The van der Waals surface area contributed by atoms with Crippen LogP contribution in [0.2, 0.25) is 0 Å². The van der Waals surface area contributed by atoms with Crippen LogP contribution in [0.1, 0.15) is 62.5 Å². The van der Waals surface area contributed by atoms with Gasteiger partial charge in [0.15, 0.2) is 0 Å². The van der Waals surface area contributed by atoms with Crippen molar-refractivity contribution in [3.8, 4) is 0 Å². The average molecular weight is 460 g/mol. The molecule has 0 radical (unpaired) electrons. The Morgan fingerprint density at radius 3 is 2.61 bits per heavy atom. The van der Waals surface area contributed by atoms with Gasteiger partial charge in [0.05, 0.1) is 11.3 Å². The van der Waals surface area contributed by atoms with E-state index in [1.165, 1.54) is 12.1 Å². The maximum absolute atomic E-state index is 12.8. The van der Waals surface area contributed by atoms with Gasteiger partial charge in [-0.25, -0.2) is 8.42 Å². The fourth-order valence-corrected chi connectivity index (χ4v) is 4.65. The van der Waals surface area contributed by atoms with Crippen LogP contribution < -0.4 is 4.72 Å². The summed E-state index contributed by atoms with van der Waals surface area (Å²) in [6, 6.07) is 4.72. The Kier molecular flexibility index (Phi) is 9.15. The summed E-state index contributed by atoms with van der Waals surface area (Å²) in [6.07, 6.45) is 4.52. The lowest BCUT2D eigenvalue weighted by molar-refractivity contribution is -0.138. The molecule has 1 aliphatic rings. The number of unbranched alkanes of at least 4 members (excludes halogenated alkanes) is 1. The van der Waals surface area contributed by atoms with Crippen molar-refractivity contribution < 1.29 is 31.5 Å². The highest BCUT2D eigenvalue weighted by molar-refractivity contribution is 7.89. The van der Waals surface area contributed by atoms with E-state index in [1.54, 1.807) is 0 Å². The summed E-state index contributed by atoms with van der Waals surface area (Å²) in [4.78, 5) is 10.5. The molecule has 0 saturated carbocycles. The fourth-order valence-electron chi connectivity index (χ4n) is 3.42. The van der Waals surface area contributed by atoms with Crippen LogP contribution in [0.15, 0.2) is 47.7 Å². The van der Waals surface area contributed by atoms with Crippen LogP contribution in [0.25, 0.3) is 0 Å². The Bertz CT molecular complexity index is 921. The molecule has 0 fully saturated rings. The Labute approximate surface area is 181 Å². The zero-order valence-electron chi connectivity index (χ0n) is 17.2. The van der Waals surface area contributed by atoms with Crippen molar-refractivity contribution in [1.82, 2.24) is 4.72 Å². The number of allylic oxidation sites excluding steroid dienone is 4. The minimum Gasteiger partial charge on any atom is -0.481 e. The van der Waals surface area contributed by atoms with Crippen LogP contribution in [0.3, 0.4) is 0 Å². The summed E-state index contributed by atoms with van der Waals surface area (Å²) >= 11 is 0. The molecule has 0 bridgehead atoms. The normalized spacial score (nSPS) is 15.5. The summed E-state index contributed by atoms with van der Waals surface area (Å²) in [5.41, 5.74) is 1.21. The molecule has 0 atom stereocenters. The highest BCUT2D eigenvalue weighted by Gasteiger charge is 2.30. The molecular formula is C22H28F3NO4S. The van der Waals surface area contributed by atoms with E-state index >= 15 is 0 Å². The summed E-state index contributed by atoms with van der Waals surface area (Å²) < 4.78 is 66.2. The Balaban J connectivity index is 1.96. The van der Waals surface area contributed by atoms with Crippen molar-refractivity contribution in [1.29, 1.82) is 0 Å². The van der Waals surface area contributed by atoms with Crippen molar-refractivity contribution in [2.75, 3.05) is 5.75 Å². The first kappa shape index (κ1) is 25.0. The smallest absolute Gasteiger partial charge is 0.416 e. The molecule has 0 aliphatic heterocycles. The van der Waals surface area contributed by atoms with E-state index < -0.39 is 27.7 Å². The molecule has 0 saturated heterocycles. The largest absolute Gasteiger partial charge is 0.481 e. The third-order valence-electron chi connectivity index (χ3n) is 5.07. The Hall–Kier alpha value is -2.29. The molecule has 1 aliphatic carbocycles. The monoisotopic (exact) mass is 459 g/mol. The molecule has 0 unspecified atom stereocenters. The van der Waals surface area contributed by atoms with Crippen molar-refractivity contribution in [2.24, 2.45) is 0 Å². The van der Waals surface area contributed by atoms with E-state index in [-0.39, 0.29) is 18.6 Å². The van der Waals surface area contributed by atoms with Gasteiger partial charge < -0.3 is 5.11 Å². The lowest BCUT2D eigenvalue weighted by Crippen LogP contribution is -2.28. The quantitative estimate of drug-likeness (QED) is 0.352. The second-order valence-corrected chi connectivity index (χ2v) is 9.46. The second-order valence-electron chi connectivity index (χ2n) is 7.62. The van der Waals surface area contributed by atoms with Gasteiger partial charge in [0.2, 0.25) is 10.0 Å². The summed E-state index contributed by atoms with van der Waals surface area (Å²) in [6.45, 7) is 0. The third-order valence-corrected chi connectivity index (χ3v) is 6.37. The molecule has 2 rings (SSSR count). The van der Waals surface area contributed by atoms with E-state index in [4.69, 9.17) is 5.11 Å². The van der Waals surface area contributed by atoms with Crippen LogP contribution in [0.4, 0.5) is 13.2 Å². The van der Waals surface area contributed by atoms with Gasteiger partial charge in [-0.3, -0.25) is 9.52 Å². The van der Waals surface area contributed by atoms with Crippen molar-refractivity contribution in [3.05, 3.63) is 58.8 Å². The highest BCUT2D eigenvalue weighted by atomic mass is 32.2. The lowest BCUT2D eigenvalue weighted by atomic mass is 9.94. The molecule has 1 aromatic carbocycles. The standard InChI is InChI=1S/C22H28F3NO4S/c23-22(24,25)19-11-7-8-17(16-19)14-15-31(29,30)26-20-12-6-5-10-18(20)9-3-1-2-4-13-21(27)28/h1,3,7-8,11,16,26H,2,4-6,9-10,12-15H2,(H,27,28). The van der Waals surface area contributed by atoms with Crippen LogP contribution in [-0.4, -0.2) is 25.2 Å². The molecule has 0 amide bonds. The number of benzene rings is 1. The minimum absolute atomic E-state index is 0.00858. The van der Waals surface area contributed by atoms with Gasteiger partial charge in [-0.2, -0.15) is 13.2 Å². The molecule has 0 aromatic heterocycles. The minimum atomic E-state index is -4.46. The van der Waals surface area contributed by atoms with Gasteiger partial charge >= 0.3 is 12.1 Å². The maximum atomic E-state index is 12.8. The van der Waals surface area contributed by atoms with Crippen molar-refractivity contribution >= 4 is 16.0 Å². The predicted octanol–water partition coefficient (Wildman–Crippen LogP) is 5.20. The number of carbonyl (C=O) groups is 1. The van der Waals surface area contributed by atoms with Crippen LogP contribution in [0.5, 0.6) is 0 Å². The van der Waals surface area contributed by atoms with Crippen LogP contribution >= 0.6 is 0 Å². The predicted molar refractivity (Wildman–Crippen MR) is 113 cm³/mol. The molecule has 1 aromatic rings. The lowest BCUT2D eigenvalue weighted by Gasteiger charge is -2.21. The first-order chi connectivity index (χ1) is 14.6. The molecule has 172 valence electrons. The number of hydrogen-bond donors (Lipinski definition) is 2. The Morgan fingerprint density at radius 2 is 1.90 bits per heavy atom. The molecule has 0 spiro atoms. The topological polar surface area (TPSA) is 83.5 Å². The number of aryl methyl sites for hydroxylation is 1. The van der Waals surface area contributed by atoms with Crippen molar-refractivity contribution in [3.63, 3.8) is 0 Å². The molecule has 0 heterocycles. The number of halogens is 3. The number of alkyl halides is 3. The van der Waals surface area contributed by atoms with Crippen LogP contribution in [-0.2, 0) is 27.4 Å². The first-order valence-electron chi connectivity index (χ1n) is 10.3. The number of nitrogens with one attached hydrogen (secondary N) is 1. The number of hydrogen-bond acceptors (Lipinski definition) is 3. The molecule has 31 heavy (non-hydrogen) atoms. The van der Waals surface area contributed by atoms with Crippen LogP contribution in [0, 0.1) is 0 Å². The van der Waals surface area contributed by atoms with Gasteiger partial charge in [-0.05, 0) is 68.6 Å². The summed E-state index contributed by atoms with van der Waals surface area (Å²) in [7, 11) is -3.69. The SMILES string of the molecule is O=C(O)CCCC=CCC1=C(NS(=O)(=O)CCc2cccc(C(F)(F)F)c2)CCCC1. The highest BCUT2D eigenvalue weighted by Crippen LogP contribution is 2.30. The van der Waals surface area contributed by atoms with Gasteiger partial charge in [0.25, 0.3) is 0 Å². The van der Waals surface area contributed by atoms with Gasteiger partial charge in [-0.15, -0.1) is 0 Å². The molecule has 2 N–H and O–H groups in total. The number of aliphatic carboxylic acids is 1. The first-order valence-corrected chi connectivity index (χ1v) is 12.0. The summed E-state index contributed by atoms with van der Waals surface area (Å²) in [5, 5.41) is 8.64. The number of rotatable bonds is 11. The average Bonchev–Trinajstić information content (AvgIpc) is 2.69. The van der Waals surface area contributed by atoms with Crippen molar-refractivity contribution in [2.45, 2.75) is 64.0 Å². The third kappa shape index (κ3) is 9.16. The number of sulfonamides is 1. The van der Waals surface area contributed by atoms with E-state index in [0.29, 0.717) is 36.9 Å². The number of carboxylic acid groups (broad SMARTS) is 1. The Morgan fingerprint density at radius 1 is 1.16 bits per heavy atom. The van der Waals surface area contributed by atoms with E-state index in [2.05, 4.69) is 4.72 Å². The summed E-state index contributed by atoms with van der Waals surface area (Å²) in [5.74, 6) is -1.12. The zero-order valence-corrected chi connectivity index (χ0v) is 18.1.